The molecule has 2 unspecified atom stereocenters. The van der Waals surface area contributed by atoms with E-state index in [1.807, 2.05) is 0 Å². The molecule has 1 fully saturated rings. The van der Waals surface area contributed by atoms with E-state index in [1.165, 1.54) is 35.3 Å². The van der Waals surface area contributed by atoms with Crippen molar-refractivity contribution < 1.29 is 18.3 Å². The predicted molar refractivity (Wildman–Crippen MR) is 124 cm³/mol. The topological polar surface area (TPSA) is 104 Å². The van der Waals surface area contributed by atoms with Crippen molar-refractivity contribution in [3.63, 3.8) is 0 Å². The number of allylic oxidation sites excluding steroid dienone is 1. The summed E-state index contributed by atoms with van der Waals surface area (Å²) in [5.74, 6) is 0. The maximum atomic E-state index is 13.5. The van der Waals surface area contributed by atoms with Crippen molar-refractivity contribution in [1.82, 2.24) is 19.9 Å². The van der Waals surface area contributed by atoms with Gasteiger partial charge in [0.2, 0.25) is 0 Å². The second kappa shape index (κ2) is 9.38. The van der Waals surface area contributed by atoms with Gasteiger partial charge in [0.25, 0.3) is 5.56 Å². The fourth-order valence-electron chi connectivity index (χ4n) is 4.31. The van der Waals surface area contributed by atoms with Crippen molar-refractivity contribution >= 4 is 22.7 Å². The summed E-state index contributed by atoms with van der Waals surface area (Å²) in [4.78, 5) is 22.5. The number of aromatic nitrogens is 3. The molecule has 0 amide bonds. The molecule has 1 aliphatic rings. The SMILES string of the molecule is CN/C=C(\C=N)c1nc(-c2ccc(C(F)(F)F)cc2)cc2c(=O)n(C3CCCCC3O)cnc12. The molecule has 0 bridgehead atoms. The highest BCUT2D eigenvalue weighted by Crippen LogP contribution is 2.32. The molecule has 3 N–H and O–H groups in total. The van der Waals surface area contributed by atoms with Crippen molar-refractivity contribution in [3.05, 3.63) is 64.5 Å². The monoisotopic (exact) mass is 471 g/mol. The fraction of sp³-hybridized carbons (Fsp3) is 0.333. The molecule has 2 atom stereocenters. The van der Waals surface area contributed by atoms with Gasteiger partial charge in [-0.1, -0.05) is 25.0 Å². The Morgan fingerprint density at radius 3 is 2.56 bits per heavy atom. The largest absolute Gasteiger partial charge is 0.416 e. The van der Waals surface area contributed by atoms with Crippen LogP contribution in [0.3, 0.4) is 0 Å². The molecule has 1 aliphatic carbocycles. The van der Waals surface area contributed by atoms with Crippen LogP contribution in [-0.2, 0) is 6.18 Å². The second-order valence-corrected chi connectivity index (χ2v) is 8.24. The molecule has 2 heterocycles. The van der Waals surface area contributed by atoms with Crippen molar-refractivity contribution in [2.75, 3.05) is 7.05 Å². The van der Waals surface area contributed by atoms with Gasteiger partial charge >= 0.3 is 6.18 Å². The normalized spacial score (nSPS) is 19.3. The van der Waals surface area contributed by atoms with E-state index < -0.39 is 23.9 Å². The lowest BCUT2D eigenvalue weighted by Crippen LogP contribution is -2.35. The van der Waals surface area contributed by atoms with Crippen LogP contribution in [0.1, 0.15) is 43.0 Å². The Labute approximate surface area is 193 Å². The number of fused-ring (bicyclic) bond motifs is 1. The van der Waals surface area contributed by atoms with Crippen LogP contribution >= 0.6 is 0 Å². The van der Waals surface area contributed by atoms with Crippen LogP contribution in [0.2, 0.25) is 0 Å². The third-order valence-corrected chi connectivity index (χ3v) is 6.06. The zero-order chi connectivity index (χ0) is 24.5. The van der Waals surface area contributed by atoms with Crippen LogP contribution in [0, 0.1) is 5.41 Å². The highest BCUT2D eigenvalue weighted by molar-refractivity contribution is 6.12. The van der Waals surface area contributed by atoms with Gasteiger partial charge in [0.1, 0.15) is 11.2 Å². The molecule has 1 aromatic carbocycles. The molecule has 178 valence electrons. The molecular weight excluding hydrogens is 447 g/mol. The van der Waals surface area contributed by atoms with E-state index in [2.05, 4.69) is 15.3 Å². The Hall–Kier alpha value is -3.53. The Bertz CT molecular complexity index is 1300. The molecular formula is C24H24F3N5O2. The zero-order valence-electron chi connectivity index (χ0n) is 18.4. The minimum absolute atomic E-state index is 0.212. The number of hydrogen-bond donors (Lipinski definition) is 3. The molecule has 7 nitrogen and oxygen atoms in total. The lowest BCUT2D eigenvalue weighted by atomic mass is 9.92. The van der Waals surface area contributed by atoms with Gasteiger partial charge in [-0.3, -0.25) is 9.36 Å². The van der Waals surface area contributed by atoms with Crippen molar-refractivity contribution in [3.8, 4) is 11.3 Å². The summed E-state index contributed by atoms with van der Waals surface area (Å²) in [7, 11) is 1.65. The van der Waals surface area contributed by atoms with Crippen molar-refractivity contribution in [2.24, 2.45) is 0 Å². The maximum Gasteiger partial charge on any atom is 0.416 e. The number of aliphatic hydroxyl groups excluding tert-OH is 1. The number of halogens is 3. The first-order valence-corrected chi connectivity index (χ1v) is 10.9. The number of pyridine rings is 1. The van der Waals surface area contributed by atoms with Crippen LogP contribution < -0.4 is 10.9 Å². The first kappa shape index (κ1) is 23.6. The van der Waals surface area contributed by atoms with Gasteiger partial charge in [0, 0.05) is 30.6 Å². The van der Waals surface area contributed by atoms with Crippen LogP contribution in [0.5, 0.6) is 0 Å². The summed E-state index contributed by atoms with van der Waals surface area (Å²) in [6.07, 6.45) is 1.86. The van der Waals surface area contributed by atoms with E-state index in [0.29, 0.717) is 24.0 Å². The summed E-state index contributed by atoms with van der Waals surface area (Å²) in [5.41, 5.74) is 0.378. The average Bonchev–Trinajstić information content (AvgIpc) is 2.82. The van der Waals surface area contributed by atoms with E-state index >= 15 is 0 Å². The van der Waals surface area contributed by atoms with E-state index in [1.54, 1.807) is 7.05 Å². The zero-order valence-corrected chi connectivity index (χ0v) is 18.4. The standard InChI is InChI=1S/C24H24F3N5O2/c1-29-12-15(11-28)21-22-17(23(34)32(13-30-22)19-4-2-3-5-20(19)33)10-18(31-21)14-6-8-16(9-7-14)24(25,26)27/h6-13,19-20,28-29,33H,2-5H2,1H3/b15-12+,28-11?. The van der Waals surface area contributed by atoms with Gasteiger partial charge in [-0.25, -0.2) is 9.97 Å². The summed E-state index contributed by atoms with van der Waals surface area (Å²) in [6.45, 7) is 0. The van der Waals surface area contributed by atoms with Crippen LogP contribution in [0.4, 0.5) is 13.2 Å². The van der Waals surface area contributed by atoms with Gasteiger partial charge in [-0.05, 0) is 31.0 Å². The van der Waals surface area contributed by atoms with Crippen molar-refractivity contribution in [2.45, 2.75) is 44.0 Å². The van der Waals surface area contributed by atoms with Crippen molar-refractivity contribution in [1.29, 1.82) is 5.41 Å². The Morgan fingerprint density at radius 1 is 1.24 bits per heavy atom. The fourth-order valence-corrected chi connectivity index (χ4v) is 4.31. The minimum atomic E-state index is -4.47. The van der Waals surface area contributed by atoms with E-state index in [0.717, 1.165) is 31.2 Å². The van der Waals surface area contributed by atoms with E-state index in [4.69, 9.17) is 5.41 Å². The smallest absolute Gasteiger partial charge is 0.393 e. The first-order chi connectivity index (χ1) is 16.2. The second-order valence-electron chi connectivity index (χ2n) is 8.24. The Balaban J connectivity index is 1.94. The molecule has 2 aromatic heterocycles. The number of benzene rings is 1. The Morgan fingerprint density at radius 2 is 1.94 bits per heavy atom. The van der Waals surface area contributed by atoms with Gasteiger partial charge in [0.05, 0.1) is 35.1 Å². The van der Waals surface area contributed by atoms with Crippen LogP contribution in [-0.4, -0.2) is 39.0 Å². The predicted octanol–water partition coefficient (Wildman–Crippen LogP) is 4.16. The summed E-state index contributed by atoms with van der Waals surface area (Å²) >= 11 is 0. The third-order valence-electron chi connectivity index (χ3n) is 6.06. The molecule has 0 saturated heterocycles. The lowest BCUT2D eigenvalue weighted by Gasteiger charge is -2.29. The molecule has 3 aromatic rings. The highest BCUT2D eigenvalue weighted by atomic mass is 19.4. The number of hydrogen-bond acceptors (Lipinski definition) is 6. The van der Waals surface area contributed by atoms with Gasteiger partial charge in [-0.2, -0.15) is 13.2 Å². The molecule has 34 heavy (non-hydrogen) atoms. The molecule has 4 rings (SSSR count). The molecule has 0 spiro atoms. The lowest BCUT2D eigenvalue weighted by molar-refractivity contribution is -0.137. The van der Waals surface area contributed by atoms with E-state index in [-0.39, 0.29) is 27.9 Å². The third kappa shape index (κ3) is 4.45. The molecule has 0 radical (unpaired) electrons. The highest BCUT2D eigenvalue weighted by Gasteiger charge is 2.30. The maximum absolute atomic E-state index is 13.5. The molecule has 1 saturated carbocycles. The average molecular weight is 471 g/mol. The van der Waals surface area contributed by atoms with Gasteiger partial charge in [-0.15, -0.1) is 0 Å². The quantitative estimate of drug-likeness (QED) is 0.485. The van der Waals surface area contributed by atoms with Crippen LogP contribution in [0.15, 0.2) is 47.7 Å². The van der Waals surface area contributed by atoms with Gasteiger partial charge < -0.3 is 15.8 Å². The number of nitrogens with one attached hydrogen (secondary N) is 2. The summed E-state index contributed by atoms with van der Waals surface area (Å²) in [6, 6.07) is 5.62. The summed E-state index contributed by atoms with van der Waals surface area (Å²) in [5, 5.41) is 21.3. The van der Waals surface area contributed by atoms with Gasteiger partial charge in [0.15, 0.2) is 0 Å². The number of nitrogens with zero attached hydrogens (tertiary/aromatic N) is 3. The van der Waals surface area contributed by atoms with E-state index in [9.17, 15) is 23.1 Å². The molecule has 0 aliphatic heterocycles. The Kier molecular flexibility index (Phi) is 6.52. The number of rotatable bonds is 5. The first-order valence-electron chi connectivity index (χ1n) is 10.9. The summed E-state index contributed by atoms with van der Waals surface area (Å²) < 4.78 is 40.5. The minimum Gasteiger partial charge on any atom is -0.393 e. The molecule has 10 heteroatoms. The number of alkyl halides is 3. The number of aliphatic hydroxyl groups is 1. The van der Waals surface area contributed by atoms with Crippen LogP contribution in [0.25, 0.3) is 27.7 Å².